The molecule has 0 radical (unpaired) electrons. The van der Waals surface area contributed by atoms with Crippen LogP contribution in [0, 0.1) is 5.92 Å². The fourth-order valence-electron chi connectivity index (χ4n) is 2.49. The summed E-state index contributed by atoms with van der Waals surface area (Å²) >= 11 is 0. The van der Waals surface area contributed by atoms with Crippen molar-refractivity contribution < 1.29 is 14.2 Å². The molecule has 1 aromatic rings. The van der Waals surface area contributed by atoms with Crippen LogP contribution in [0.5, 0.6) is 0 Å². The lowest BCUT2D eigenvalue weighted by Crippen LogP contribution is -2.30. The van der Waals surface area contributed by atoms with Crippen LogP contribution in [0.2, 0.25) is 0 Å². The van der Waals surface area contributed by atoms with E-state index in [1.165, 1.54) is 5.56 Å². The maximum absolute atomic E-state index is 5.99. The van der Waals surface area contributed by atoms with E-state index in [4.69, 9.17) is 14.2 Å². The molecule has 4 atom stereocenters. The Hall–Kier alpha value is -0.900. The SMILES string of the molecule is CC[C@@H]1OC(OC)[C@@H](OCc2ccccc2)[C@@H]1C. The van der Waals surface area contributed by atoms with E-state index in [1.54, 1.807) is 7.11 Å². The van der Waals surface area contributed by atoms with Crippen LogP contribution in [-0.2, 0) is 20.8 Å². The Bertz CT molecular complexity index is 350. The Kier molecular flexibility index (Phi) is 4.75. The molecule has 1 saturated heterocycles. The van der Waals surface area contributed by atoms with Crippen molar-refractivity contribution in [3.8, 4) is 0 Å². The van der Waals surface area contributed by atoms with Gasteiger partial charge in [-0.25, -0.2) is 0 Å². The van der Waals surface area contributed by atoms with Crippen LogP contribution in [0.4, 0.5) is 0 Å². The minimum absolute atomic E-state index is 0.0140. The normalized spacial score (nSPS) is 31.7. The fraction of sp³-hybridized carbons (Fsp3) is 0.600. The molecule has 0 spiro atoms. The van der Waals surface area contributed by atoms with Gasteiger partial charge in [-0.3, -0.25) is 0 Å². The maximum atomic E-state index is 5.99. The first kappa shape index (κ1) is 13.5. The van der Waals surface area contributed by atoms with E-state index < -0.39 is 0 Å². The van der Waals surface area contributed by atoms with Crippen molar-refractivity contribution in [1.82, 2.24) is 0 Å². The van der Waals surface area contributed by atoms with Crippen LogP contribution < -0.4 is 0 Å². The van der Waals surface area contributed by atoms with Crippen LogP contribution in [0.1, 0.15) is 25.8 Å². The molecular formula is C15H22O3. The van der Waals surface area contributed by atoms with Gasteiger partial charge in [0.05, 0.1) is 12.7 Å². The van der Waals surface area contributed by atoms with Crippen LogP contribution in [0.3, 0.4) is 0 Å². The Labute approximate surface area is 109 Å². The zero-order chi connectivity index (χ0) is 13.0. The maximum Gasteiger partial charge on any atom is 0.184 e. The Morgan fingerprint density at radius 3 is 2.56 bits per heavy atom. The molecular weight excluding hydrogens is 228 g/mol. The summed E-state index contributed by atoms with van der Waals surface area (Å²) in [6.07, 6.45) is 0.996. The van der Waals surface area contributed by atoms with Gasteiger partial charge in [0.1, 0.15) is 6.10 Å². The average Bonchev–Trinajstić information content (AvgIpc) is 2.73. The van der Waals surface area contributed by atoms with Crippen LogP contribution in [0.15, 0.2) is 30.3 Å². The molecule has 1 fully saturated rings. The van der Waals surface area contributed by atoms with Gasteiger partial charge in [0.2, 0.25) is 0 Å². The summed E-state index contributed by atoms with van der Waals surface area (Å²) in [5, 5.41) is 0. The molecule has 1 heterocycles. The molecule has 2 rings (SSSR count). The highest BCUT2D eigenvalue weighted by Crippen LogP contribution is 2.31. The molecule has 1 aliphatic heterocycles. The van der Waals surface area contributed by atoms with E-state index in [1.807, 2.05) is 18.2 Å². The summed E-state index contributed by atoms with van der Waals surface area (Å²) < 4.78 is 17.2. The number of hydrogen-bond donors (Lipinski definition) is 0. The summed E-state index contributed by atoms with van der Waals surface area (Å²) in [4.78, 5) is 0. The van der Waals surface area contributed by atoms with Crippen molar-refractivity contribution in [3.05, 3.63) is 35.9 Å². The molecule has 18 heavy (non-hydrogen) atoms. The van der Waals surface area contributed by atoms with E-state index in [0.717, 1.165) is 6.42 Å². The quantitative estimate of drug-likeness (QED) is 0.804. The first-order valence-electron chi connectivity index (χ1n) is 6.60. The number of methoxy groups -OCH3 is 1. The summed E-state index contributed by atoms with van der Waals surface area (Å²) in [7, 11) is 1.67. The van der Waals surface area contributed by atoms with E-state index in [2.05, 4.69) is 26.0 Å². The van der Waals surface area contributed by atoms with Gasteiger partial charge < -0.3 is 14.2 Å². The molecule has 3 heteroatoms. The van der Waals surface area contributed by atoms with Gasteiger partial charge in [-0.1, -0.05) is 44.2 Å². The van der Waals surface area contributed by atoms with E-state index in [-0.39, 0.29) is 18.5 Å². The summed E-state index contributed by atoms with van der Waals surface area (Å²) in [6, 6.07) is 10.2. The molecule has 1 unspecified atom stereocenters. The Balaban J connectivity index is 1.95. The van der Waals surface area contributed by atoms with Crippen molar-refractivity contribution in [2.75, 3.05) is 7.11 Å². The fourth-order valence-corrected chi connectivity index (χ4v) is 2.49. The molecule has 1 aromatic carbocycles. The monoisotopic (exact) mass is 250 g/mol. The average molecular weight is 250 g/mol. The Morgan fingerprint density at radius 2 is 1.94 bits per heavy atom. The van der Waals surface area contributed by atoms with Crippen molar-refractivity contribution in [1.29, 1.82) is 0 Å². The van der Waals surface area contributed by atoms with E-state index in [9.17, 15) is 0 Å². The molecule has 100 valence electrons. The lowest BCUT2D eigenvalue weighted by atomic mass is 9.99. The van der Waals surface area contributed by atoms with E-state index >= 15 is 0 Å². The minimum atomic E-state index is -0.242. The largest absolute Gasteiger partial charge is 0.368 e. The van der Waals surface area contributed by atoms with E-state index in [0.29, 0.717) is 12.5 Å². The molecule has 0 aliphatic carbocycles. The third-order valence-corrected chi connectivity index (χ3v) is 3.60. The summed E-state index contributed by atoms with van der Waals surface area (Å²) in [5.41, 5.74) is 1.18. The highest BCUT2D eigenvalue weighted by molar-refractivity contribution is 5.13. The van der Waals surface area contributed by atoms with Crippen molar-refractivity contribution >= 4 is 0 Å². The first-order valence-corrected chi connectivity index (χ1v) is 6.60. The number of rotatable bonds is 5. The molecule has 1 aliphatic rings. The van der Waals surface area contributed by atoms with Crippen molar-refractivity contribution in [3.63, 3.8) is 0 Å². The number of ether oxygens (including phenoxy) is 3. The standard InChI is InChI=1S/C15H22O3/c1-4-13-11(2)14(15(16-3)18-13)17-10-12-8-6-5-7-9-12/h5-9,11,13-15H,4,10H2,1-3H3/t11-,13+,14+,15?/m1/s1. The zero-order valence-electron chi connectivity index (χ0n) is 11.3. The number of benzene rings is 1. The Morgan fingerprint density at radius 1 is 1.22 bits per heavy atom. The topological polar surface area (TPSA) is 27.7 Å². The smallest absolute Gasteiger partial charge is 0.184 e. The van der Waals surface area contributed by atoms with Crippen molar-refractivity contribution in [2.24, 2.45) is 5.92 Å². The van der Waals surface area contributed by atoms with Gasteiger partial charge in [0.15, 0.2) is 6.29 Å². The predicted octanol–water partition coefficient (Wildman–Crippen LogP) is 2.99. The highest BCUT2D eigenvalue weighted by atomic mass is 16.7. The second kappa shape index (κ2) is 6.32. The molecule has 3 nitrogen and oxygen atoms in total. The second-order valence-corrected chi connectivity index (χ2v) is 4.81. The van der Waals surface area contributed by atoms with Crippen LogP contribution in [0.25, 0.3) is 0 Å². The third kappa shape index (κ3) is 2.91. The van der Waals surface area contributed by atoms with Crippen LogP contribution >= 0.6 is 0 Å². The van der Waals surface area contributed by atoms with Gasteiger partial charge >= 0.3 is 0 Å². The van der Waals surface area contributed by atoms with Gasteiger partial charge in [-0.15, -0.1) is 0 Å². The molecule has 0 amide bonds. The van der Waals surface area contributed by atoms with Gasteiger partial charge in [-0.2, -0.15) is 0 Å². The van der Waals surface area contributed by atoms with Gasteiger partial charge in [0, 0.05) is 13.0 Å². The second-order valence-electron chi connectivity index (χ2n) is 4.81. The first-order chi connectivity index (χ1) is 8.76. The third-order valence-electron chi connectivity index (χ3n) is 3.60. The van der Waals surface area contributed by atoms with Crippen molar-refractivity contribution in [2.45, 2.75) is 45.4 Å². The highest BCUT2D eigenvalue weighted by Gasteiger charge is 2.41. The molecule has 0 saturated carbocycles. The molecule has 0 aromatic heterocycles. The predicted molar refractivity (Wildman–Crippen MR) is 70.1 cm³/mol. The van der Waals surface area contributed by atoms with Crippen LogP contribution in [-0.4, -0.2) is 25.6 Å². The molecule has 0 bridgehead atoms. The van der Waals surface area contributed by atoms with Gasteiger partial charge in [0.25, 0.3) is 0 Å². The summed E-state index contributed by atoms with van der Waals surface area (Å²) in [6.45, 7) is 4.91. The van der Waals surface area contributed by atoms with Gasteiger partial charge in [-0.05, 0) is 12.0 Å². The number of hydrogen-bond acceptors (Lipinski definition) is 3. The summed E-state index contributed by atoms with van der Waals surface area (Å²) in [5.74, 6) is 0.365. The lowest BCUT2D eigenvalue weighted by molar-refractivity contribution is -0.164. The molecule has 0 N–H and O–H groups in total. The zero-order valence-corrected chi connectivity index (χ0v) is 11.3. The minimum Gasteiger partial charge on any atom is -0.368 e. The lowest BCUT2D eigenvalue weighted by Gasteiger charge is -2.20.